The molecule has 0 aliphatic rings. The summed E-state index contributed by atoms with van der Waals surface area (Å²) in [6.45, 7) is 3.73. The minimum Gasteiger partial charge on any atom is -0.323 e. The number of benzene rings is 1. The van der Waals surface area contributed by atoms with E-state index >= 15 is 0 Å². The van der Waals surface area contributed by atoms with Crippen molar-refractivity contribution in [2.75, 3.05) is 0 Å². The number of hydrogen-bond acceptors (Lipinski definition) is 3. The third-order valence-electron chi connectivity index (χ3n) is 3.22. The fraction of sp³-hybridized carbons (Fsp3) is 0.133. The fourth-order valence-corrected chi connectivity index (χ4v) is 2.03. The van der Waals surface area contributed by atoms with E-state index in [0.29, 0.717) is 5.69 Å². The van der Waals surface area contributed by atoms with Gasteiger partial charge in [-0.1, -0.05) is 18.2 Å². The molecule has 0 saturated carbocycles. The SMILES string of the molecule is Cc1nc(-c2ccc3cccnc3c2)c(=O)[nH]c1C. The molecule has 0 amide bonds. The Bertz CT molecular complexity index is 821. The first-order valence-electron chi connectivity index (χ1n) is 6.08. The van der Waals surface area contributed by atoms with E-state index in [2.05, 4.69) is 15.0 Å². The number of aryl methyl sites for hydroxylation is 2. The number of nitrogens with zero attached hydrogens (tertiary/aromatic N) is 2. The first-order chi connectivity index (χ1) is 9.15. The van der Waals surface area contributed by atoms with Crippen LogP contribution in [-0.2, 0) is 0 Å². The molecule has 0 aliphatic heterocycles. The van der Waals surface area contributed by atoms with Crippen LogP contribution in [0.4, 0.5) is 0 Å². The molecule has 2 heterocycles. The van der Waals surface area contributed by atoms with E-state index in [9.17, 15) is 4.79 Å². The minimum atomic E-state index is -0.168. The highest BCUT2D eigenvalue weighted by Gasteiger charge is 2.08. The van der Waals surface area contributed by atoms with Gasteiger partial charge in [0.1, 0.15) is 5.69 Å². The van der Waals surface area contributed by atoms with E-state index in [1.807, 2.05) is 44.2 Å². The van der Waals surface area contributed by atoms with Gasteiger partial charge in [-0.2, -0.15) is 0 Å². The van der Waals surface area contributed by atoms with E-state index in [4.69, 9.17) is 0 Å². The molecule has 2 aromatic heterocycles. The highest BCUT2D eigenvalue weighted by atomic mass is 16.1. The Hall–Kier alpha value is -2.49. The van der Waals surface area contributed by atoms with Crippen molar-refractivity contribution in [1.29, 1.82) is 0 Å². The molecule has 0 spiro atoms. The average molecular weight is 251 g/mol. The summed E-state index contributed by atoms with van der Waals surface area (Å²) >= 11 is 0. The first kappa shape index (κ1) is 11.6. The van der Waals surface area contributed by atoms with E-state index in [0.717, 1.165) is 27.9 Å². The maximum Gasteiger partial charge on any atom is 0.274 e. The lowest BCUT2D eigenvalue weighted by Gasteiger charge is -2.05. The van der Waals surface area contributed by atoms with E-state index < -0.39 is 0 Å². The molecule has 94 valence electrons. The molecule has 3 rings (SSSR count). The van der Waals surface area contributed by atoms with Crippen LogP contribution in [0.5, 0.6) is 0 Å². The van der Waals surface area contributed by atoms with Gasteiger partial charge in [0.25, 0.3) is 5.56 Å². The van der Waals surface area contributed by atoms with Crippen molar-refractivity contribution >= 4 is 10.9 Å². The Labute approximate surface area is 110 Å². The van der Waals surface area contributed by atoms with Crippen LogP contribution in [-0.4, -0.2) is 15.0 Å². The minimum absolute atomic E-state index is 0.168. The second-order valence-corrected chi connectivity index (χ2v) is 4.54. The summed E-state index contributed by atoms with van der Waals surface area (Å²) in [6.07, 6.45) is 1.74. The summed E-state index contributed by atoms with van der Waals surface area (Å²) in [5, 5.41) is 1.05. The van der Waals surface area contributed by atoms with Crippen LogP contribution in [0.25, 0.3) is 22.2 Å². The van der Waals surface area contributed by atoms with Gasteiger partial charge in [-0.15, -0.1) is 0 Å². The monoisotopic (exact) mass is 251 g/mol. The van der Waals surface area contributed by atoms with Crippen molar-refractivity contribution < 1.29 is 0 Å². The standard InChI is InChI=1S/C15H13N3O/c1-9-10(2)18-15(19)14(17-9)12-6-5-11-4-3-7-16-13(11)8-12/h3-8H,1-2H3,(H,18,19). The molecule has 0 unspecified atom stereocenters. The number of hydrogen-bond donors (Lipinski definition) is 1. The highest BCUT2D eigenvalue weighted by molar-refractivity contribution is 5.83. The molecule has 0 atom stereocenters. The summed E-state index contributed by atoms with van der Waals surface area (Å²) in [7, 11) is 0. The van der Waals surface area contributed by atoms with Crippen molar-refractivity contribution in [3.63, 3.8) is 0 Å². The number of pyridine rings is 1. The Morgan fingerprint density at radius 2 is 2.00 bits per heavy atom. The Morgan fingerprint density at radius 1 is 1.16 bits per heavy atom. The van der Waals surface area contributed by atoms with Gasteiger partial charge in [-0.05, 0) is 26.0 Å². The lowest BCUT2D eigenvalue weighted by Crippen LogP contribution is -2.14. The van der Waals surface area contributed by atoms with Gasteiger partial charge in [-0.25, -0.2) is 4.98 Å². The van der Waals surface area contributed by atoms with Crippen LogP contribution in [0.2, 0.25) is 0 Å². The van der Waals surface area contributed by atoms with E-state index in [1.54, 1.807) is 6.20 Å². The number of aromatic nitrogens is 3. The van der Waals surface area contributed by atoms with Crippen LogP contribution in [0.15, 0.2) is 41.3 Å². The normalized spacial score (nSPS) is 10.8. The third kappa shape index (κ3) is 2.01. The molecule has 3 aromatic rings. The zero-order chi connectivity index (χ0) is 13.4. The van der Waals surface area contributed by atoms with Crippen molar-refractivity contribution in [2.24, 2.45) is 0 Å². The van der Waals surface area contributed by atoms with Crippen molar-refractivity contribution in [2.45, 2.75) is 13.8 Å². The summed E-state index contributed by atoms with van der Waals surface area (Å²) in [4.78, 5) is 23.5. The van der Waals surface area contributed by atoms with Crippen molar-refractivity contribution in [3.05, 3.63) is 58.3 Å². The lowest BCUT2D eigenvalue weighted by molar-refractivity contribution is 1.02. The molecular weight excluding hydrogens is 238 g/mol. The topological polar surface area (TPSA) is 58.6 Å². The van der Waals surface area contributed by atoms with Crippen LogP contribution in [0.3, 0.4) is 0 Å². The van der Waals surface area contributed by atoms with E-state index in [1.165, 1.54) is 0 Å². The smallest absolute Gasteiger partial charge is 0.274 e. The molecule has 19 heavy (non-hydrogen) atoms. The third-order valence-corrected chi connectivity index (χ3v) is 3.22. The highest BCUT2D eigenvalue weighted by Crippen LogP contribution is 2.19. The molecule has 0 aliphatic carbocycles. The predicted octanol–water partition coefficient (Wildman–Crippen LogP) is 2.60. The average Bonchev–Trinajstić information content (AvgIpc) is 2.42. The second-order valence-electron chi connectivity index (χ2n) is 4.54. The fourth-order valence-electron chi connectivity index (χ4n) is 2.03. The molecule has 1 N–H and O–H groups in total. The molecule has 1 aromatic carbocycles. The molecule has 4 nitrogen and oxygen atoms in total. The zero-order valence-electron chi connectivity index (χ0n) is 10.8. The Morgan fingerprint density at radius 3 is 2.84 bits per heavy atom. The number of fused-ring (bicyclic) bond motifs is 1. The molecule has 0 fully saturated rings. The Balaban J connectivity index is 2.24. The van der Waals surface area contributed by atoms with Crippen molar-refractivity contribution in [1.82, 2.24) is 15.0 Å². The first-order valence-corrected chi connectivity index (χ1v) is 6.08. The molecule has 0 radical (unpaired) electrons. The maximum absolute atomic E-state index is 12.0. The number of aromatic amines is 1. The van der Waals surface area contributed by atoms with Gasteiger partial charge < -0.3 is 4.98 Å². The summed E-state index contributed by atoms with van der Waals surface area (Å²) < 4.78 is 0. The van der Waals surface area contributed by atoms with Gasteiger partial charge >= 0.3 is 0 Å². The summed E-state index contributed by atoms with van der Waals surface area (Å²) in [5.41, 5.74) is 3.55. The quantitative estimate of drug-likeness (QED) is 0.723. The molecular formula is C15H13N3O. The van der Waals surface area contributed by atoms with Gasteiger partial charge in [0.15, 0.2) is 0 Å². The molecule has 0 saturated heterocycles. The van der Waals surface area contributed by atoms with Gasteiger partial charge in [0, 0.05) is 22.8 Å². The van der Waals surface area contributed by atoms with Crippen LogP contribution in [0.1, 0.15) is 11.4 Å². The van der Waals surface area contributed by atoms with Crippen molar-refractivity contribution in [3.8, 4) is 11.3 Å². The predicted molar refractivity (Wildman–Crippen MR) is 75.1 cm³/mol. The van der Waals surface area contributed by atoms with Crippen LogP contribution in [0, 0.1) is 13.8 Å². The zero-order valence-corrected chi connectivity index (χ0v) is 10.8. The van der Waals surface area contributed by atoms with E-state index in [-0.39, 0.29) is 5.56 Å². The molecule has 0 bridgehead atoms. The number of H-pyrrole nitrogens is 1. The summed E-state index contributed by atoms with van der Waals surface area (Å²) in [6, 6.07) is 9.62. The van der Waals surface area contributed by atoms with Crippen LogP contribution >= 0.6 is 0 Å². The number of nitrogens with one attached hydrogen (secondary N) is 1. The molecule has 4 heteroatoms. The van der Waals surface area contributed by atoms with Gasteiger partial charge in [0.05, 0.1) is 11.2 Å². The van der Waals surface area contributed by atoms with Gasteiger partial charge in [0.2, 0.25) is 0 Å². The number of rotatable bonds is 1. The van der Waals surface area contributed by atoms with Gasteiger partial charge in [-0.3, -0.25) is 9.78 Å². The largest absolute Gasteiger partial charge is 0.323 e. The lowest BCUT2D eigenvalue weighted by atomic mass is 10.1. The second kappa shape index (κ2) is 4.31. The summed E-state index contributed by atoms with van der Waals surface area (Å²) in [5.74, 6) is 0. The Kier molecular flexibility index (Phi) is 2.63. The maximum atomic E-state index is 12.0. The van der Waals surface area contributed by atoms with Crippen LogP contribution < -0.4 is 5.56 Å².